The molecule has 0 unspecified atom stereocenters. The summed E-state index contributed by atoms with van der Waals surface area (Å²) < 4.78 is 7.55. The summed E-state index contributed by atoms with van der Waals surface area (Å²) in [6.07, 6.45) is 0. The third kappa shape index (κ3) is 6.30. The van der Waals surface area contributed by atoms with Crippen LogP contribution in [0.3, 0.4) is 0 Å². The minimum absolute atomic E-state index is 0. The minimum atomic E-state index is -1.05. The Labute approximate surface area is 268 Å². The molecule has 0 atom stereocenters. The van der Waals surface area contributed by atoms with Crippen molar-refractivity contribution in [2.24, 2.45) is 0 Å². The number of aromatic hydroxyl groups is 1. The van der Waals surface area contributed by atoms with Crippen molar-refractivity contribution in [2.45, 2.75) is 0 Å². The van der Waals surface area contributed by atoms with Gasteiger partial charge in [-0.2, -0.15) is 0 Å². The molecule has 0 aromatic heterocycles. The molecule has 0 fully saturated rings. The van der Waals surface area contributed by atoms with Crippen LogP contribution in [0.4, 0.5) is 0 Å². The average Bonchev–Trinajstić information content (AvgIpc) is 2.74. The summed E-state index contributed by atoms with van der Waals surface area (Å²) in [6, 6.07) is 11.4. The number of rotatable bonds is 2. The van der Waals surface area contributed by atoms with Gasteiger partial charge in [-0.1, -0.05) is 0 Å². The molecule has 157 valence electrons. The zero-order valence-electron chi connectivity index (χ0n) is 19.6. The van der Waals surface area contributed by atoms with Gasteiger partial charge in [-0.15, -0.1) is 0 Å². The van der Waals surface area contributed by atoms with Gasteiger partial charge in [-0.25, -0.2) is 5.26 Å². The first kappa shape index (κ1) is 32.7. The van der Waals surface area contributed by atoms with Gasteiger partial charge in [-0.3, -0.25) is 0 Å². The second-order valence-corrected chi connectivity index (χ2v) is 10.6. The smallest absolute Gasteiger partial charge is 1.00 e. The molecular formula is C21H14Br2HgNNa2O6. The SMILES string of the molecule is C#N.O.O=C(O)c1ccccc1-c1c2cc(Br)c(=O)cc-2oc2[c]([Hg])c(O)c(Br)cc12.[H-].[H-].[Na+].[Na+]. The number of nitriles is 1. The maximum absolute atomic E-state index is 12.2. The molecule has 1 aliphatic heterocycles. The number of carboxylic acids is 1. The fourth-order valence-electron chi connectivity index (χ4n) is 3.22. The van der Waals surface area contributed by atoms with Crippen LogP contribution in [-0.4, -0.2) is 21.7 Å². The van der Waals surface area contributed by atoms with Gasteiger partial charge in [-0.05, 0) is 0 Å². The number of nitrogens with zero attached hydrogens (tertiary/aromatic N) is 1. The van der Waals surface area contributed by atoms with Crippen LogP contribution < -0.4 is 67.6 Å². The Bertz CT molecular complexity index is 1390. The molecule has 2 aromatic carbocycles. The van der Waals surface area contributed by atoms with Gasteiger partial charge in [0, 0.05) is 6.57 Å². The van der Waals surface area contributed by atoms with Crippen LogP contribution in [0.25, 0.3) is 33.4 Å². The molecule has 33 heavy (non-hydrogen) atoms. The summed E-state index contributed by atoms with van der Waals surface area (Å²) >= 11 is 6.64. The fraction of sp³-hybridized carbons (Fsp3) is 0. The van der Waals surface area contributed by atoms with Crippen molar-refractivity contribution in [3.05, 3.63) is 67.2 Å². The van der Waals surface area contributed by atoms with Gasteiger partial charge in [0.2, 0.25) is 0 Å². The van der Waals surface area contributed by atoms with E-state index in [9.17, 15) is 19.8 Å². The predicted octanol–water partition coefficient (Wildman–Crippen LogP) is -1.79. The van der Waals surface area contributed by atoms with E-state index in [0.29, 0.717) is 45.4 Å². The molecule has 0 bridgehead atoms. The third-order valence-electron chi connectivity index (χ3n) is 4.51. The number of halogens is 2. The Hall–Kier alpha value is -0.255. The summed E-state index contributed by atoms with van der Waals surface area (Å²) in [5, 5.41) is 27.2. The van der Waals surface area contributed by atoms with E-state index in [2.05, 4.69) is 38.4 Å². The Morgan fingerprint density at radius 3 is 2.27 bits per heavy atom. The van der Waals surface area contributed by atoms with E-state index in [1.807, 2.05) is 0 Å². The van der Waals surface area contributed by atoms with Crippen LogP contribution in [0.15, 0.2) is 60.6 Å². The first-order valence-corrected chi connectivity index (χ1v) is 12.6. The normalized spacial score (nSPS) is 9.64. The van der Waals surface area contributed by atoms with E-state index in [4.69, 9.17) is 9.68 Å². The van der Waals surface area contributed by atoms with E-state index in [1.54, 1.807) is 30.3 Å². The van der Waals surface area contributed by atoms with Crippen LogP contribution in [0.1, 0.15) is 13.2 Å². The second-order valence-electron chi connectivity index (χ2n) is 6.17. The molecule has 0 spiro atoms. The molecule has 0 saturated heterocycles. The largest absolute Gasteiger partial charge is 1.00 e. The number of hydrogen-bond donors (Lipinski definition) is 2. The standard InChI is InChI=1S/C20H9Br2O5.CHN.Hg.2Na.H2O.2H/c21-13-5-11-17(7-15(13)23)27-18-8-16(24)14(22)6-12(18)19(11)9-3-1-2-4-10(9)20(25)26;1-2;;;;;;/h1-7,24H,(H,25,26);1H;;;;1H2;;/q;;;2*+1;;2*-1. The van der Waals surface area contributed by atoms with E-state index in [-0.39, 0.29) is 110 Å². The molecular weight excluding hydrogens is 769 g/mol. The van der Waals surface area contributed by atoms with Crippen molar-refractivity contribution < 1.29 is 113 Å². The second kappa shape index (κ2) is 13.7. The molecule has 12 heteroatoms. The van der Waals surface area contributed by atoms with Crippen LogP contribution in [0.2, 0.25) is 0 Å². The Morgan fingerprint density at radius 2 is 1.67 bits per heavy atom. The van der Waals surface area contributed by atoms with Crippen molar-refractivity contribution in [1.29, 1.82) is 5.26 Å². The number of carbonyl (C=O) groups is 1. The van der Waals surface area contributed by atoms with Crippen LogP contribution in [-0.2, 0) is 26.1 Å². The van der Waals surface area contributed by atoms with Gasteiger partial charge in [0.05, 0.1) is 0 Å². The summed E-state index contributed by atoms with van der Waals surface area (Å²) in [4.78, 5) is 24.0. The number of phenolic OH excluding ortho intramolecular Hbond substituents is 1. The van der Waals surface area contributed by atoms with E-state index in [1.165, 1.54) is 12.1 Å². The third-order valence-corrected chi connectivity index (χ3v) is 8.29. The van der Waals surface area contributed by atoms with Crippen LogP contribution >= 0.6 is 31.9 Å². The zero-order chi connectivity index (χ0) is 22.2. The number of hydrogen-bond acceptors (Lipinski definition) is 5. The van der Waals surface area contributed by atoms with Gasteiger partial charge < -0.3 is 8.33 Å². The fourth-order valence-corrected chi connectivity index (χ4v) is 6.80. The van der Waals surface area contributed by atoms with E-state index < -0.39 is 5.97 Å². The molecule has 7 nitrogen and oxygen atoms in total. The van der Waals surface area contributed by atoms with Crippen molar-refractivity contribution in [3.8, 4) is 34.8 Å². The van der Waals surface area contributed by atoms with Crippen molar-refractivity contribution in [2.75, 3.05) is 0 Å². The number of aromatic carboxylic acids is 1. The topological polar surface area (TPSA) is 143 Å². The minimum Gasteiger partial charge on any atom is -1.00 e. The van der Waals surface area contributed by atoms with Crippen molar-refractivity contribution >= 4 is 51.9 Å². The maximum atomic E-state index is 12.2. The first-order chi connectivity index (χ1) is 14.3. The molecule has 1 aliphatic carbocycles. The molecule has 2 aliphatic rings. The Balaban J connectivity index is -0.00000143. The Kier molecular flexibility index (Phi) is 13.6. The predicted molar refractivity (Wildman–Crippen MR) is 121 cm³/mol. The number of benzene rings is 3. The molecule has 1 heterocycles. The van der Waals surface area contributed by atoms with Crippen LogP contribution in [0, 0.1) is 11.8 Å². The van der Waals surface area contributed by atoms with Crippen molar-refractivity contribution in [1.82, 2.24) is 0 Å². The summed E-state index contributed by atoms with van der Waals surface area (Å²) in [6.45, 7) is 3.50. The van der Waals surface area contributed by atoms with Crippen LogP contribution in [0.5, 0.6) is 5.75 Å². The number of carboxylic acid groups (broad SMARTS) is 1. The summed E-state index contributed by atoms with van der Waals surface area (Å²) in [5.74, 6) is -0.606. The quantitative estimate of drug-likeness (QED) is 0.182. The van der Waals surface area contributed by atoms with Gasteiger partial charge in [0.1, 0.15) is 0 Å². The van der Waals surface area contributed by atoms with Gasteiger partial charge in [0.15, 0.2) is 0 Å². The van der Waals surface area contributed by atoms with Crippen molar-refractivity contribution in [3.63, 3.8) is 0 Å². The van der Waals surface area contributed by atoms with E-state index >= 15 is 0 Å². The average molecular weight is 783 g/mol. The molecule has 0 amide bonds. The zero-order valence-corrected chi connectivity index (χ0v) is 30.3. The monoisotopic (exact) mass is 782 g/mol. The maximum Gasteiger partial charge on any atom is 1.00 e. The molecule has 4 rings (SSSR count). The van der Waals surface area contributed by atoms with E-state index in [0.717, 1.165) is 0 Å². The summed E-state index contributed by atoms with van der Waals surface area (Å²) in [5.41, 5.74) is 2.13. The number of phenols is 1. The Morgan fingerprint density at radius 1 is 1.06 bits per heavy atom. The first-order valence-electron chi connectivity index (χ1n) is 8.31. The van der Waals surface area contributed by atoms with Gasteiger partial charge in [0.25, 0.3) is 0 Å². The molecule has 2 aromatic rings. The van der Waals surface area contributed by atoms with Gasteiger partial charge >= 0.3 is 252 Å². The summed E-state index contributed by atoms with van der Waals surface area (Å²) in [7, 11) is 0. The number of fused-ring (bicyclic) bond motifs is 2. The molecule has 4 N–H and O–H groups in total. The molecule has 0 saturated carbocycles. The molecule has 0 radical (unpaired) electrons.